The van der Waals surface area contributed by atoms with E-state index in [0.29, 0.717) is 13.0 Å². The second-order valence-electron chi connectivity index (χ2n) is 6.39. The Morgan fingerprint density at radius 1 is 1.08 bits per heavy atom. The van der Waals surface area contributed by atoms with Crippen molar-refractivity contribution in [1.82, 2.24) is 4.90 Å². The van der Waals surface area contributed by atoms with Crippen LogP contribution in [0.1, 0.15) is 49.5 Å². The van der Waals surface area contributed by atoms with Crippen molar-refractivity contribution < 1.29 is 13.9 Å². The molecule has 0 radical (unpaired) electrons. The van der Waals surface area contributed by atoms with E-state index in [1.807, 2.05) is 35.2 Å². The van der Waals surface area contributed by atoms with Gasteiger partial charge >= 0.3 is 0 Å². The lowest BCUT2D eigenvalue weighted by Crippen LogP contribution is -2.35. The fourth-order valence-electron chi connectivity index (χ4n) is 3.40. The molecule has 132 valence electrons. The third kappa shape index (κ3) is 4.07. The lowest BCUT2D eigenvalue weighted by molar-refractivity contribution is -0.133. The fraction of sp³-hybridized carbons (Fsp3) is 0.381. The van der Waals surface area contributed by atoms with Crippen molar-refractivity contribution in [3.63, 3.8) is 0 Å². The Labute approximate surface area is 148 Å². The van der Waals surface area contributed by atoms with Crippen LogP contribution in [0.3, 0.4) is 0 Å². The Hall–Kier alpha value is -2.20. The molecule has 2 aromatic rings. The molecule has 1 saturated heterocycles. The van der Waals surface area contributed by atoms with E-state index in [-0.39, 0.29) is 23.9 Å². The molecule has 0 N–H and O–H groups in total. The van der Waals surface area contributed by atoms with Crippen molar-refractivity contribution in [1.29, 1.82) is 0 Å². The van der Waals surface area contributed by atoms with Gasteiger partial charge in [0.05, 0.1) is 6.04 Å². The van der Waals surface area contributed by atoms with E-state index < -0.39 is 0 Å². The van der Waals surface area contributed by atoms with Crippen LogP contribution in [0.5, 0.6) is 0 Å². The van der Waals surface area contributed by atoms with Crippen LogP contribution < -0.4 is 0 Å². The van der Waals surface area contributed by atoms with E-state index >= 15 is 0 Å². The summed E-state index contributed by atoms with van der Waals surface area (Å²) >= 11 is 0. The number of rotatable bonds is 7. The standard InChI is InChI=1S/C21H24FNO2/c1-2-15-25-21(17-10-12-18(22)13-11-17)20(16-7-4-3-5-8-16)23-14-6-9-19(23)24/h3-5,7-8,10-13,20-21H,2,6,9,14-15H2,1H3/t20-,21+/m1/s1. The number of ether oxygens (including phenoxy) is 1. The highest BCUT2D eigenvalue weighted by atomic mass is 19.1. The quantitative estimate of drug-likeness (QED) is 0.733. The maximum atomic E-state index is 13.4. The highest BCUT2D eigenvalue weighted by Gasteiger charge is 2.36. The molecule has 0 saturated carbocycles. The van der Waals surface area contributed by atoms with Crippen molar-refractivity contribution in [2.75, 3.05) is 13.2 Å². The number of carbonyl (C=O) groups excluding carboxylic acids is 1. The van der Waals surface area contributed by atoms with Crippen molar-refractivity contribution >= 4 is 5.91 Å². The Bertz CT molecular complexity index is 687. The normalized spacial score (nSPS) is 16.9. The first kappa shape index (κ1) is 17.6. The number of likely N-dealkylation sites (tertiary alicyclic amines) is 1. The van der Waals surface area contributed by atoms with Crippen LogP contribution >= 0.6 is 0 Å². The number of amides is 1. The van der Waals surface area contributed by atoms with Gasteiger partial charge in [0.25, 0.3) is 0 Å². The zero-order valence-corrected chi connectivity index (χ0v) is 14.5. The second kappa shape index (κ2) is 8.26. The summed E-state index contributed by atoms with van der Waals surface area (Å²) in [7, 11) is 0. The summed E-state index contributed by atoms with van der Waals surface area (Å²) in [5.41, 5.74) is 1.94. The first-order valence-corrected chi connectivity index (χ1v) is 8.92. The first-order chi connectivity index (χ1) is 12.2. The molecule has 1 heterocycles. The van der Waals surface area contributed by atoms with Gasteiger partial charge in [0.2, 0.25) is 5.91 Å². The van der Waals surface area contributed by atoms with Crippen molar-refractivity contribution in [3.05, 3.63) is 71.5 Å². The van der Waals surface area contributed by atoms with Gasteiger partial charge in [0.15, 0.2) is 0 Å². The minimum Gasteiger partial charge on any atom is -0.371 e. The molecular formula is C21H24FNO2. The average molecular weight is 341 g/mol. The molecule has 0 aromatic heterocycles. The van der Waals surface area contributed by atoms with Crippen LogP contribution in [-0.2, 0) is 9.53 Å². The van der Waals surface area contributed by atoms with Gasteiger partial charge in [0.1, 0.15) is 11.9 Å². The molecule has 2 atom stereocenters. The van der Waals surface area contributed by atoms with Gasteiger partial charge in [0, 0.05) is 19.6 Å². The van der Waals surface area contributed by atoms with Crippen LogP contribution in [0.2, 0.25) is 0 Å². The van der Waals surface area contributed by atoms with Crippen LogP contribution in [0.25, 0.3) is 0 Å². The Balaban J connectivity index is 2.02. The number of benzene rings is 2. The molecule has 1 aliphatic heterocycles. The summed E-state index contributed by atoms with van der Waals surface area (Å²) < 4.78 is 19.6. The minimum absolute atomic E-state index is 0.154. The molecule has 0 bridgehead atoms. The Morgan fingerprint density at radius 3 is 2.40 bits per heavy atom. The van der Waals surface area contributed by atoms with Crippen molar-refractivity contribution in [2.45, 2.75) is 38.3 Å². The summed E-state index contributed by atoms with van der Waals surface area (Å²) in [5.74, 6) is -0.118. The van der Waals surface area contributed by atoms with E-state index in [9.17, 15) is 9.18 Å². The molecule has 0 spiro atoms. The highest BCUT2D eigenvalue weighted by molar-refractivity contribution is 5.78. The average Bonchev–Trinajstić information content (AvgIpc) is 3.06. The summed E-state index contributed by atoms with van der Waals surface area (Å²) in [5, 5.41) is 0. The predicted octanol–water partition coefficient (Wildman–Crippen LogP) is 4.66. The predicted molar refractivity (Wildman–Crippen MR) is 95.5 cm³/mol. The van der Waals surface area contributed by atoms with Gasteiger partial charge in [-0.05, 0) is 36.1 Å². The van der Waals surface area contributed by atoms with Gasteiger partial charge < -0.3 is 9.64 Å². The third-order valence-corrected chi connectivity index (χ3v) is 4.57. The zero-order chi connectivity index (χ0) is 17.6. The molecule has 25 heavy (non-hydrogen) atoms. The lowest BCUT2D eigenvalue weighted by Gasteiger charge is -2.35. The summed E-state index contributed by atoms with van der Waals surface area (Å²) in [4.78, 5) is 14.4. The maximum absolute atomic E-state index is 13.4. The number of hydrogen-bond donors (Lipinski definition) is 0. The van der Waals surface area contributed by atoms with Crippen LogP contribution in [0.15, 0.2) is 54.6 Å². The maximum Gasteiger partial charge on any atom is 0.223 e. The van der Waals surface area contributed by atoms with Crippen LogP contribution in [0, 0.1) is 5.82 Å². The monoisotopic (exact) mass is 341 g/mol. The molecular weight excluding hydrogens is 317 g/mol. The molecule has 4 heteroatoms. The Morgan fingerprint density at radius 2 is 1.80 bits per heavy atom. The summed E-state index contributed by atoms with van der Waals surface area (Å²) in [6.45, 7) is 3.37. The van der Waals surface area contributed by atoms with Gasteiger partial charge in [-0.1, -0.05) is 49.4 Å². The SMILES string of the molecule is CCCO[C@@H](c1ccc(F)cc1)[C@@H](c1ccccc1)N1CCCC1=O. The largest absolute Gasteiger partial charge is 0.371 e. The van der Waals surface area contributed by atoms with Crippen LogP contribution in [0.4, 0.5) is 4.39 Å². The van der Waals surface area contributed by atoms with Crippen LogP contribution in [-0.4, -0.2) is 24.0 Å². The topological polar surface area (TPSA) is 29.5 Å². The second-order valence-corrected chi connectivity index (χ2v) is 6.39. The minimum atomic E-state index is -0.315. The van der Waals surface area contributed by atoms with Crippen molar-refractivity contribution in [3.8, 4) is 0 Å². The number of carbonyl (C=O) groups is 1. The zero-order valence-electron chi connectivity index (χ0n) is 14.5. The fourth-order valence-corrected chi connectivity index (χ4v) is 3.40. The van der Waals surface area contributed by atoms with Gasteiger partial charge in [-0.25, -0.2) is 4.39 Å². The van der Waals surface area contributed by atoms with E-state index in [0.717, 1.165) is 30.5 Å². The molecule has 1 amide bonds. The highest BCUT2D eigenvalue weighted by Crippen LogP contribution is 2.39. The van der Waals surface area contributed by atoms with Gasteiger partial charge in [-0.2, -0.15) is 0 Å². The van der Waals surface area contributed by atoms with Crippen molar-refractivity contribution in [2.24, 2.45) is 0 Å². The molecule has 3 nitrogen and oxygen atoms in total. The number of hydrogen-bond acceptors (Lipinski definition) is 2. The molecule has 0 aliphatic carbocycles. The molecule has 1 aliphatic rings. The molecule has 3 rings (SSSR count). The van der Waals surface area contributed by atoms with E-state index in [1.165, 1.54) is 12.1 Å². The number of halogens is 1. The first-order valence-electron chi connectivity index (χ1n) is 8.92. The number of nitrogens with zero attached hydrogens (tertiary/aromatic N) is 1. The smallest absolute Gasteiger partial charge is 0.223 e. The lowest BCUT2D eigenvalue weighted by atomic mass is 9.94. The molecule has 0 unspecified atom stereocenters. The van der Waals surface area contributed by atoms with E-state index in [2.05, 4.69) is 6.92 Å². The van der Waals surface area contributed by atoms with Gasteiger partial charge in [-0.3, -0.25) is 4.79 Å². The molecule has 1 fully saturated rings. The summed E-state index contributed by atoms with van der Waals surface area (Å²) in [6, 6.07) is 16.2. The van der Waals surface area contributed by atoms with E-state index in [4.69, 9.17) is 4.74 Å². The van der Waals surface area contributed by atoms with E-state index in [1.54, 1.807) is 12.1 Å². The molecule has 2 aromatic carbocycles. The third-order valence-electron chi connectivity index (χ3n) is 4.57. The summed E-state index contributed by atoms with van der Waals surface area (Å²) in [6.07, 6.45) is 2.01. The Kier molecular flexibility index (Phi) is 5.82. The van der Waals surface area contributed by atoms with Gasteiger partial charge in [-0.15, -0.1) is 0 Å².